The molecule has 0 saturated carbocycles. The number of nitrogens with two attached hydrogens (primary N) is 1. The number of terminal acetylenes is 1. The van der Waals surface area contributed by atoms with Gasteiger partial charge in [0.05, 0.1) is 6.04 Å². The maximum Gasteiger partial charge on any atom is 0.238 e. The lowest BCUT2D eigenvalue weighted by Gasteiger charge is -2.12. The van der Waals surface area contributed by atoms with E-state index in [0.29, 0.717) is 6.54 Å². The van der Waals surface area contributed by atoms with Crippen LogP contribution in [0, 0.1) is 12.3 Å². The predicted molar refractivity (Wildman–Crippen MR) is 69.1 cm³/mol. The number of aryl methyl sites for hydroxylation is 1. The normalized spacial score (nSPS) is 11.6. The Hall–Kier alpha value is -1.79. The van der Waals surface area contributed by atoms with Crippen molar-refractivity contribution in [3.05, 3.63) is 35.4 Å². The van der Waals surface area contributed by atoms with Crippen molar-refractivity contribution in [1.82, 2.24) is 5.32 Å². The first-order chi connectivity index (χ1) is 8.19. The molecule has 0 aliphatic heterocycles. The number of benzene rings is 1. The van der Waals surface area contributed by atoms with Crippen molar-refractivity contribution in [1.29, 1.82) is 0 Å². The number of carbonyl (C=O) groups is 1. The molecular formula is C14H18N2O. The first kappa shape index (κ1) is 13.3. The summed E-state index contributed by atoms with van der Waals surface area (Å²) >= 11 is 0. The maximum atomic E-state index is 11.6. The van der Waals surface area contributed by atoms with Gasteiger partial charge in [-0.1, -0.05) is 31.2 Å². The SMILES string of the molecule is C#CCC(N)C(=O)NCc1ccccc1CC. The van der Waals surface area contributed by atoms with E-state index >= 15 is 0 Å². The van der Waals surface area contributed by atoms with Crippen molar-refractivity contribution in [3.8, 4) is 12.3 Å². The van der Waals surface area contributed by atoms with Gasteiger partial charge in [0.25, 0.3) is 0 Å². The van der Waals surface area contributed by atoms with Gasteiger partial charge >= 0.3 is 0 Å². The molecule has 3 heteroatoms. The maximum absolute atomic E-state index is 11.6. The zero-order valence-corrected chi connectivity index (χ0v) is 10.1. The molecule has 0 aliphatic rings. The first-order valence-corrected chi connectivity index (χ1v) is 5.72. The lowest BCUT2D eigenvalue weighted by atomic mass is 10.1. The summed E-state index contributed by atoms with van der Waals surface area (Å²) < 4.78 is 0. The molecule has 90 valence electrons. The monoisotopic (exact) mass is 230 g/mol. The first-order valence-electron chi connectivity index (χ1n) is 5.72. The molecule has 1 aromatic carbocycles. The van der Waals surface area contributed by atoms with Gasteiger partial charge in [0, 0.05) is 13.0 Å². The Bertz CT molecular complexity index is 420. The summed E-state index contributed by atoms with van der Waals surface area (Å²) in [6.07, 6.45) is 6.32. The zero-order valence-electron chi connectivity index (χ0n) is 10.1. The van der Waals surface area contributed by atoms with Crippen molar-refractivity contribution >= 4 is 5.91 Å². The van der Waals surface area contributed by atoms with Gasteiger partial charge in [-0.25, -0.2) is 0 Å². The molecule has 0 heterocycles. The minimum absolute atomic E-state index is 0.200. The highest BCUT2D eigenvalue weighted by atomic mass is 16.2. The average molecular weight is 230 g/mol. The predicted octanol–water partition coefficient (Wildman–Crippen LogP) is 1.22. The fourth-order valence-electron chi connectivity index (χ4n) is 1.61. The Morgan fingerprint density at radius 1 is 1.47 bits per heavy atom. The van der Waals surface area contributed by atoms with Crippen molar-refractivity contribution in [2.75, 3.05) is 0 Å². The van der Waals surface area contributed by atoms with Crippen molar-refractivity contribution in [3.63, 3.8) is 0 Å². The Morgan fingerprint density at radius 2 is 2.12 bits per heavy atom. The lowest BCUT2D eigenvalue weighted by molar-refractivity contribution is -0.122. The van der Waals surface area contributed by atoms with Crippen LogP contribution in [0.4, 0.5) is 0 Å². The molecule has 1 amide bonds. The standard InChI is InChI=1S/C14H18N2O/c1-3-7-13(15)14(17)16-10-12-9-6-5-8-11(12)4-2/h1,5-6,8-9,13H,4,7,10,15H2,2H3,(H,16,17). The summed E-state index contributed by atoms with van der Waals surface area (Å²) in [6.45, 7) is 2.59. The molecule has 3 nitrogen and oxygen atoms in total. The van der Waals surface area contributed by atoms with Crippen LogP contribution in [0.1, 0.15) is 24.5 Å². The minimum atomic E-state index is -0.617. The van der Waals surface area contributed by atoms with Gasteiger partial charge in [-0.05, 0) is 17.5 Å². The van der Waals surface area contributed by atoms with Crippen LogP contribution in [0.3, 0.4) is 0 Å². The number of hydrogen-bond donors (Lipinski definition) is 2. The van der Waals surface area contributed by atoms with E-state index < -0.39 is 6.04 Å². The third kappa shape index (κ3) is 3.93. The second-order valence-corrected chi connectivity index (χ2v) is 3.85. The van der Waals surface area contributed by atoms with Gasteiger partial charge in [0.15, 0.2) is 0 Å². The Kier molecular flexibility index (Phi) is 5.25. The highest BCUT2D eigenvalue weighted by Gasteiger charge is 2.11. The van der Waals surface area contributed by atoms with E-state index in [4.69, 9.17) is 12.2 Å². The smallest absolute Gasteiger partial charge is 0.238 e. The molecule has 17 heavy (non-hydrogen) atoms. The van der Waals surface area contributed by atoms with E-state index in [9.17, 15) is 4.79 Å². The summed E-state index contributed by atoms with van der Waals surface area (Å²) in [5.74, 6) is 2.18. The second kappa shape index (κ2) is 6.72. The van der Waals surface area contributed by atoms with E-state index in [1.807, 2.05) is 18.2 Å². The highest BCUT2D eigenvalue weighted by Crippen LogP contribution is 2.08. The summed E-state index contributed by atoms with van der Waals surface area (Å²) in [5.41, 5.74) is 7.96. The number of nitrogens with one attached hydrogen (secondary N) is 1. The Labute approximate surface area is 102 Å². The lowest BCUT2D eigenvalue weighted by Crippen LogP contribution is -2.40. The molecule has 0 spiro atoms. The number of carbonyl (C=O) groups excluding carboxylic acids is 1. The molecular weight excluding hydrogens is 212 g/mol. The molecule has 0 bridgehead atoms. The average Bonchev–Trinajstić information content (AvgIpc) is 2.36. The molecule has 1 rings (SSSR count). The van der Waals surface area contributed by atoms with Crippen LogP contribution in [0.25, 0.3) is 0 Å². The van der Waals surface area contributed by atoms with Gasteiger partial charge < -0.3 is 11.1 Å². The number of amides is 1. The van der Waals surface area contributed by atoms with Crippen molar-refractivity contribution in [2.45, 2.75) is 32.4 Å². The Morgan fingerprint density at radius 3 is 2.71 bits per heavy atom. The van der Waals surface area contributed by atoms with Crippen LogP contribution in [-0.2, 0) is 17.8 Å². The molecule has 1 atom stereocenters. The summed E-state index contributed by atoms with van der Waals surface area (Å²) in [4.78, 5) is 11.6. The molecule has 3 N–H and O–H groups in total. The van der Waals surface area contributed by atoms with Crippen LogP contribution in [0.15, 0.2) is 24.3 Å². The molecule has 1 aromatic rings. The molecule has 1 unspecified atom stereocenters. The van der Waals surface area contributed by atoms with E-state index in [0.717, 1.165) is 12.0 Å². The number of rotatable bonds is 5. The van der Waals surface area contributed by atoms with Gasteiger partial charge in [0.2, 0.25) is 5.91 Å². The molecule has 0 aromatic heterocycles. The molecule has 0 aliphatic carbocycles. The van der Waals surface area contributed by atoms with Crippen LogP contribution >= 0.6 is 0 Å². The van der Waals surface area contributed by atoms with Crippen LogP contribution in [-0.4, -0.2) is 11.9 Å². The van der Waals surface area contributed by atoms with Gasteiger partial charge in [0.1, 0.15) is 0 Å². The van der Waals surface area contributed by atoms with E-state index in [1.54, 1.807) is 0 Å². The second-order valence-electron chi connectivity index (χ2n) is 3.85. The molecule has 0 fully saturated rings. The largest absolute Gasteiger partial charge is 0.351 e. The Balaban J connectivity index is 2.56. The fourth-order valence-corrected chi connectivity index (χ4v) is 1.61. The van der Waals surface area contributed by atoms with E-state index in [2.05, 4.69) is 24.2 Å². The van der Waals surface area contributed by atoms with Crippen LogP contribution in [0.5, 0.6) is 0 Å². The molecule has 0 radical (unpaired) electrons. The third-order valence-corrected chi connectivity index (χ3v) is 2.63. The molecule has 0 saturated heterocycles. The summed E-state index contributed by atoms with van der Waals surface area (Å²) in [6, 6.07) is 7.40. The summed E-state index contributed by atoms with van der Waals surface area (Å²) in [5, 5.41) is 2.80. The highest BCUT2D eigenvalue weighted by molar-refractivity contribution is 5.81. The van der Waals surface area contributed by atoms with Crippen molar-refractivity contribution < 1.29 is 4.79 Å². The minimum Gasteiger partial charge on any atom is -0.351 e. The fraction of sp³-hybridized carbons (Fsp3) is 0.357. The van der Waals surface area contributed by atoms with Gasteiger partial charge in [-0.2, -0.15) is 0 Å². The van der Waals surface area contributed by atoms with Gasteiger partial charge in [-0.15, -0.1) is 12.3 Å². The van der Waals surface area contributed by atoms with E-state index in [-0.39, 0.29) is 12.3 Å². The zero-order chi connectivity index (χ0) is 12.7. The van der Waals surface area contributed by atoms with Crippen molar-refractivity contribution in [2.24, 2.45) is 5.73 Å². The van der Waals surface area contributed by atoms with Crippen LogP contribution in [0.2, 0.25) is 0 Å². The van der Waals surface area contributed by atoms with Crippen LogP contribution < -0.4 is 11.1 Å². The van der Waals surface area contributed by atoms with Gasteiger partial charge in [-0.3, -0.25) is 4.79 Å². The summed E-state index contributed by atoms with van der Waals surface area (Å²) in [7, 11) is 0. The third-order valence-electron chi connectivity index (χ3n) is 2.63. The number of hydrogen-bond acceptors (Lipinski definition) is 2. The topological polar surface area (TPSA) is 55.1 Å². The van der Waals surface area contributed by atoms with E-state index in [1.165, 1.54) is 5.56 Å². The quantitative estimate of drug-likeness (QED) is 0.747.